The first-order valence-electron chi connectivity index (χ1n) is 7.63. The highest BCUT2D eigenvalue weighted by Gasteiger charge is 2.57. The number of thioether (sulfide) groups is 1. The van der Waals surface area contributed by atoms with Gasteiger partial charge in [0, 0.05) is 10.8 Å². The summed E-state index contributed by atoms with van der Waals surface area (Å²) < 4.78 is 5.16. The Morgan fingerprint density at radius 3 is 2.50 bits per heavy atom. The number of nitrogens with one attached hydrogen (secondary N) is 1. The van der Waals surface area contributed by atoms with E-state index in [1.807, 2.05) is 0 Å². The highest BCUT2D eigenvalue weighted by Crippen LogP contribution is 2.52. The summed E-state index contributed by atoms with van der Waals surface area (Å²) in [7, 11) is 1.54. The minimum absolute atomic E-state index is 0.257. The Hall–Kier alpha value is -2.59. The molecule has 1 fully saturated rings. The van der Waals surface area contributed by atoms with Crippen LogP contribution >= 0.6 is 23.1 Å². The first-order valence-corrected chi connectivity index (χ1v) is 9.33. The molecule has 0 unspecified atom stereocenters. The summed E-state index contributed by atoms with van der Waals surface area (Å²) in [5.74, 6) is -1.95. The molecule has 3 atom stereocenters. The van der Waals surface area contributed by atoms with Crippen LogP contribution in [0.5, 0.6) is 5.75 Å². The lowest BCUT2D eigenvalue weighted by Gasteiger charge is -2.29. The zero-order chi connectivity index (χ0) is 18.6. The van der Waals surface area contributed by atoms with E-state index < -0.39 is 34.9 Å². The molecule has 26 heavy (non-hydrogen) atoms. The fourth-order valence-electron chi connectivity index (χ4n) is 3.40. The Morgan fingerprint density at radius 2 is 1.88 bits per heavy atom. The Bertz CT molecular complexity index is 981. The van der Waals surface area contributed by atoms with Crippen LogP contribution in [0.4, 0.5) is 4.79 Å². The average Bonchev–Trinajstić information content (AvgIpc) is 3.10. The number of H-pyrrole nitrogens is 1. The molecule has 2 aromatic rings. The average molecular weight is 391 g/mol. The summed E-state index contributed by atoms with van der Waals surface area (Å²) in [5.41, 5.74) is 5.98. The maximum absolute atomic E-state index is 12.8. The molecular weight excluding hydrogens is 378 g/mol. The van der Waals surface area contributed by atoms with E-state index >= 15 is 0 Å². The van der Waals surface area contributed by atoms with Gasteiger partial charge in [-0.05, 0) is 17.7 Å². The molecule has 3 heterocycles. The number of carbonyl (C=O) groups is 3. The Balaban J connectivity index is 1.87. The van der Waals surface area contributed by atoms with Gasteiger partial charge in [0.2, 0.25) is 5.91 Å². The van der Waals surface area contributed by atoms with Gasteiger partial charge >= 0.3 is 10.9 Å². The molecule has 10 heteroatoms. The molecule has 4 rings (SSSR count). The smallest absolute Gasteiger partial charge is 0.328 e. The second-order valence-corrected chi connectivity index (χ2v) is 8.04. The molecule has 1 aromatic heterocycles. The first kappa shape index (κ1) is 16.9. The number of thiazole rings is 1. The second kappa shape index (κ2) is 5.99. The number of nitrogens with two attached hydrogens (primary N) is 1. The van der Waals surface area contributed by atoms with Crippen LogP contribution in [0.3, 0.4) is 0 Å². The summed E-state index contributed by atoms with van der Waals surface area (Å²) >= 11 is 2.10. The molecular formula is C16H13N3O5S2. The van der Waals surface area contributed by atoms with E-state index in [4.69, 9.17) is 10.5 Å². The third-order valence-corrected chi connectivity index (χ3v) is 6.92. The molecule has 0 radical (unpaired) electrons. The molecule has 1 aromatic carbocycles. The van der Waals surface area contributed by atoms with Crippen LogP contribution in [-0.4, -0.2) is 40.1 Å². The monoisotopic (exact) mass is 391 g/mol. The number of rotatable bonds is 2. The minimum atomic E-state index is -1.08. The van der Waals surface area contributed by atoms with Crippen molar-refractivity contribution in [1.29, 1.82) is 0 Å². The molecule has 4 amide bonds. The van der Waals surface area contributed by atoms with E-state index in [1.54, 1.807) is 31.4 Å². The van der Waals surface area contributed by atoms with Gasteiger partial charge in [-0.3, -0.25) is 14.4 Å². The summed E-state index contributed by atoms with van der Waals surface area (Å²) in [6.07, 6.45) is 0. The molecule has 8 nitrogen and oxygen atoms in total. The number of ether oxygens (including phenoxy) is 1. The van der Waals surface area contributed by atoms with Crippen LogP contribution in [0, 0.1) is 5.92 Å². The number of nitrogens with zero attached hydrogens (tertiary/aromatic N) is 1. The van der Waals surface area contributed by atoms with Crippen LogP contribution in [0.1, 0.15) is 16.4 Å². The Kier molecular flexibility index (Phi) is 3.88. The number of benzene rings is 1. The van der Waals surface area contributed by atoms with E-state index in [0.717, 1.165) is 28.7 Å². The third-order valence-electron chi connectivity index (χ3n) is 4.52. The number of hydrogen-bond donors (Lipinski definition) is 2. The number of fused-ring (bicyclic) bond motifs is 2. The van der Waals surface area contributed by atoms with Crippen LogP contribution in [0.15, 0.2) is 34.1 Å². The van der Waals surface area contributed by atoms with Gasteiger partial charge in [0.05, 0.1) is 18.1 Å². The normalized spacial score (nSPS) is 24.3. The molecule has 0 bridgehead atoms. The number of carbonyl (C=O) groups excluding carboxylic acids is 3. The summed E-state index contributed by atoms with van der Waals surface area (Å²) in [4.78, 5) is 52.4. The van der Waals surface area contributed by atoms with Crippen molar-refractivity contribution in [3.05, 3.63) is 44.4 Å². The number of amides is 4. The van der Waals surface area contributed by atoms with Gasteiger partial charge in [-0.2, -0.15) is 4.90 Å². The number of hydrogen-bond acceptors (Lipinski definition) is 7. The quantitative estimate of drug-likeness (QED) is 0.740. The molecule has 2 aliphatic rings. The van der Waals surface area contributed by atoms with Gasteiger partial charge in [-0.1, -0.05) is 35.2 Å². The predicted molar refractivity (Wildman–Crippen MR) is 94.3 cm³/mol. The molecule has 134 valence electrons. The van der Waals surface area contributed by atoms with Crippen LogP contribution in [0.2, 0.25) is 0 Å². The molecule has 3 N–H and O–H groups in total. The van der Waals surface area contributed by atoms with Crippen molar-refractivity contribution in [2.45, 2.75) is 16.2 Å². The van der Waals surface area contributed by atoms with Crippen molar-refractivity contribution in [2.75, 3.05) is 7.11 Å². The van der Waals surface area contributed by atoms with E-state index in [1.165, 1.54) is 0 Å². The number of likely N-dealkylation sites (tertiary alicyclic amines) is 1. The molecule has 0 aliphatic carbocycles. The van der Waals surface area contributed by atoms with E-state index in [0.29, 0.717) is 20.6 Å². The lowest BCUT2D eigenvalue weighted by molar-refractivity contribution is -0.135. The van der Waals surface area contributed by atoms with Gasteiger partial charge in [0.1, 0.15) is 11.0 Å². The third kappa shape index (κ3) is 2.36. The van der Waals surface area contributed by atoms with Crippen molar-refractivity contribution in [3.63, 3.8) is 0 Å². The lowest BCUT2D eigenvalue weighted by Crippen LogP contribution is -2.41. The van der Waals surface area contributed by atoms with E-state index in [-0.39, 0.29) is 4.87 Å². The van der Waals surface area contributed by atoms with Crippen molar-refractivity contribution in [2.24, 2.45) is 11.7 Å². The first-order chi connectivity index (χ1) is 12.4. The van der Waals surface area contributed by atoms with Crippen LogP contribution < -0.4 is 15.3 Å². The molecule has 0 saturated carbocycles. The van der Waals surface area contributed by atoms with Gasteiger partial charge in [0.25, 0.3) is 5.91 Å². The number of primary amides is 1. The molecule has 0 spiro atoms. The number of methoxy groups -OCH3 is 1. The van der Waals surface area contributed by atoms with Crippen LogP contribution in [0.25, 0.3) is 0 Å². The summed E-state index contributed by atoms with van der Waals surface area (Å²) in [6.45, 7) is 0. The predicted octanol–water partition coefficient (Wildman–Crippen LogP) is 1.11. The van der Waals surface area contributed by atoms with Gasteiger partial charge in [-0.15, -0.1) is 0 Å². The lowest BCUT2D eigenvalue weighted by atomic mass is 9.83. The summed E-state index contributed by atoms with van der Waals surface area (Å²) in [6, 6.07) is 5.98. The molecule has 1 saturated heterocycles. The topological polar surface area (TPSA) is 123 Å². The second-order valence-electron chi connectivity index (χ2n) is 5.87. The number of aromatic amines is 1. The minimum Gasteiger partial charge on any atom is -0.497 e. The molecule has 2 aliphatic heterocycles. The fourth-order valence-corrected chi connectivity index (χ4v) is 5.92. The van der Waals surface area contributed by atoms with E-state index in [9.17, 15) is 19.2 Å². The largest absolute Gasteiger partial charge is 0.497 e. The van der Waals surface area contributed by atoms with Crippen LogP contribution in [-0.2, 0) is 9.59 Å². The highest BCUT2D eigenvalue weighted by molar-refractivity contribution is 8.00. The highest BCUT2D eigenvalue weighted by atomic mass is 32.2. The number of imide groups is 3. The van der Waals surface area contributed by atoms with Crippen molar-refractivity contribution in [1.82, 2.24) is 9.88 Å². The Morgan fingerprint density at radius 1 is 1.19 bits per heavy atom. The fraction of sp³-hybridized carbons (Fsp3) is 0.250. The van der Waals surface area contributed by atoms with Crippen molar-refractivity contribution in [3.8, 4) is 5.75 Å². The number of aromatic nitrogens is 1. The van der Waals surface area contributed by atoms with Gasteiger partial charge < -0.3 is 15.5 Å². The standard InChI is InChI=1S/C16H13N3O5S2/c1-24-7-4-2-6(3-5-7)8-9-11(14(21)19(13(9)20)15(17)22)25-12-10(8)26-16(23)18-12/h2-5,8-9,11H,1H3,(H2,17,22)(H,18,23)/t8-,9-,11-/m0/s1. The maximum Gasteiger partial charge on any atom is 0.328 e. The number of urea groups is 1. The zero-order valence-electron chi connectivity index (χ0n) is 13.4. The van der Waals surface area contributed by atoms with E-state index in [2.05, 4.69) is 4.98 Å². The van der Waals surface area contributed by atoms with Gasteiger partial charge in [-0.25, -0.2) is 4.79 Å². The maximum atomic E-state index is 12.8. The van der Waals surface area contributed by atoms with Crippen molar-refractivity contribution >= 4 is 40.9 Å². The Labute approximate surface area is 155 Å². The summed E-state index contributed by atoms with van der Waals surface area (Å²) in [5, 5.41) is -0.255. The van der Waals surface area contributed by atoms with Crippen molar-refractivity contribution < 1.29 is 19.1 Å². The zero-order valence-corrected chi connectivity index (χ0v) is 15.1. The SMILES string of the molecule is COc1ccc([C@@H]2c3sc(=O)[nH]c3S[C@@H]3C(=O)N(C(N)=O)C(=O)[C@@H]23)cc1. The van der Waals surface area contributed by atoms with Gasteiger partial charge in [0.15, 0.2) is 0 Å².